The number of hydrogen-bond acceptors (Lipinski definition) is 1. The van der Waals surface area contributed by atoms with Crippen molar-refractivity contribution in [2.45, 2.75) is 26.2 Å². The first-order valence-electron chi connectivity index (χ1n) is 19.8. The summed E-state index contributed by atoms with van der Waals surface area (Å²) in [5.74, 6) is 0. The topological polar surface area (TPSA) is 12.9 Å². The van der Waals surface area contributed by atoms with E-state index >= 15 is 0 Å². The molecule has 0 unspecified atom stereocenters. The molecule has 1 nitrogen and oxygen atoms in total. The van der Waals surface area contributed by atoms with Gasteiger partial charge in [0.2, 0.25) is 0 Å². The van der Waals surface area contributed by atoms with Crippen molar-refractivity contribution >= 4 is 33.8 Å². The fourth-order valence-corrected chi connectivity index (χ4v) is 8.46. The number of aromatic nitrogens is 1. The second-order valence-electron chi connectivity index (χ2n) is 15.0. The third kappa shape index (κ3) is 6.42. The van der Waals surface area contributed by atoms with Crippen molar-refractivity contribution in [2.75, 3.05) is 0 Å². The molecule has 0 saturated heterocycles. The number of rotatable bonds is 6. The molecule has 0 spiro atoms. The van der Waals surface area contributed by atoms with E-state index in [1.54, 1.807) is 0 Å². The van der Waals surface area contributed by atoms with E-state index in [-0.39, 0.29) is 0 Å². The summed E-state index contributed by atoms with van der Waals surface area (Å²) in [7, 11) is 0. The van der Waals surface area contributed by atoms with Gasteiger partial charge in [-0.05, 0) is 132 Å². The van der Waals surface area contributed by atoms with E-state index in [0.29, 0.717) is 0 Å². The third-order valence-electron chi connectivity index (χ3n) is 11.4. The number of para-hydroxylation sites is 1. The summed E-state index contributed by atoms with van der Waals surface area (Å²) >= 11 is 0. The molecule has 8 aromatic carbocycles. The van der Waals surface area contributed by atoms with Gasteiger partial charge in [-0.3, -0.25) is 0 Å². The summed E-state index contributed by atoms with van der Waals surface area (Å²) in [5.41, 5.74) is 17.0. The Morgan fingerprint density at radius 2 is 1.04 bits per heavy atom. The quantitative estimate of drug-likeness (QED) is 0.167. The van der Waals surface area contributed by atoms with Crippen LogP contribution in [0.1, 0.15) is 30.0 Å². The van der Waals surface area contributed by atoms with Gasteiger partial charge < -0.3 is 0 Å². The highest BCUT2D eigenvalue weighted by atomic mass is 14.7. The predicted octanol–water partition coefficient (Wildman–Crippen LogP) is 12.8. The van der Waals surface area contributed by atoms with Gasteiger partial charge >= 0.3 is 0 Å². The third-order valence-corrected chi connectivity index (χ3v) is 11.4. The van der Waals surface area contributed by atoms with Crippen molar-refractivity contribution in [2.24, 2.45) is 0 Å². The molecule has 0 atom stereocenters. The zero-order chi connectivity index (χ0) is 37.4. The van der Waals surface area contributed by atoms with E-state index in [4.69, 9.17) is 4.98 Å². The van der Waals surface area contributed by atoms with Crippen molar-refractivity contribution in [1.82, 2.24) is 4.98 Å². The smallest absolute Gasteiger partial charge is 0.0718 e. The Morgan fingerprint density at radius 3 is 1.80 bits per heavy atom. The Hall–Kier alpha value is -6.83. The van der Waals surface area contributed by atoms with E-state index in [1.165, 1.54) is 93.4 Å². The maximum atomic E-state index is 5.23. The summed E-state index contributed by atoms with van der Waals surface area (Å²) < 4.78 is 0. The minimum Gasteiger partial charge on any atom is -0.248 e. The van der Waals surface area contributed by atoms with E-state index in [1.807, 2.05) is 0 Å². The van der Waals surface area contributed by atoms with E-state index in [0.717, 1.165) is 30.5 Å². The van der Waals surface area contributed by atoms with Crippen LogP contribution in [0.5, 0.6) is 0 Å². The normalized spacial score (nSPS) is 12.7. The van der Waals surface area contributed by atoms with Crippen LogP contribution in [0.4, 0.5) is 0 Å². The summed E-state index contributed by atoms with van der Waals surface area (Å²) in [4.78, 5) is 5.23. The molecule has 0 N–H and O–H groups in total. The van der Waals surface area contributed by atoms with Crippen LogP contribution in [0, 0.1) is 0 Å². The Morgan fingerprint density at radius 1 is 0.446 bits per heavy atom. The van der Waals surface area contributed by atoms with E-state index < -0.39 is 0 Å². The van der Waals surface area contributed by atoms with Crippen molar-refractivity contribution in [3.63, 3.8) is 0 Å². The second kappa shape index (κ2) is 14.4. The summed E-state index contributed by atoms with van der Waals surface area (Å²) in [5, 5.41) is 6.35. The minimum absolute atomic E-state index is 0.848. The molecule has 2 bridgehead atoms. The lowest BCUT2D eigenvalue weighted by molar-refractivity contribution is 1.19. The number of pyridine rings is 1. The average Bonchev–Trinajstić information content (AvgIpc) is 3.26. The van der Waals surface area contributed by atoms with Gasteiger partial charge in [-0.25, -0.2) is 4.98 Å². The molecule has 0 fully saturated rings. The molecule has 1 aromatic heterocycles. The summed E-state index contributed by atoms with van der Waals surface area (Å²) in [6, 6.07) is 67.0. The second-order valence-corrected chi connectivity index (χ2v) is 15.0. The number of nitrogens with zero attached hydrogens (tertiary/aromatic N) is 1. The maximum Gasteiger partial charge on any atom is 0.0718 e. The van der Waals surface area contributed by atoms with Gasteiger partial charge in [0.25, 0.3) is 0 Å². The first kappa shape index (κ1) is 33.7. The van der Waals surface area contributed by atoms with E-state index in [2.05, 4.69) is 201 Å². The van der Waals surface area contributed by atoms with Crippen LogP contribution in [-0.2, 0) is 12.8 Å². The lowest BCUT2D eigenvalue weighted by atomic mass is 9.84. The first-order chi connectivity index (χ1) is 27.7. The van der Waals surface area contributed by atoms with Crippen LogP contribution in [0.25, 0.3) is 89.6 Å². The molecule has 0 saturated carbocycles. The highest BCUT2D eigenvalue weighted by molar-refractivity contribution is 5.94. The molecule has 10 rings (SSSR count). The molecule has 1 heteroatoms. The zero-order valence-electron chi connectivity index (χ0n) is 31.5. The molecule has 1 aliphatic rings. The summed E-state index contributed by atoms with van der Waals surface area (Å²) in [6.07, 6.45) is 7.42. The monoisotopic (exact) mass is 715 g/mol. The largest absolute Gasteiger partial charge is 0.248 e. The molecule has 9 aromatic rings. The molecule has 1 heterocycles. The molecule has 266 valence electrons. The number of fused-ring (bicyclic) bond motifs is 9. The van der Waals surface area contributed by atoms with Gasteiger partial charge in [-0.15, -0.1) is 0 Å². The highest BCUT2D eigenvalue weighted by Crippen LogP contribution is 2.42. The predicted molar refractivity (Wildman–Crippen MR) is 238 cm³/mol. The van der Waals surface area contributed by atoms with Crippen LogP contribution in [0.15, 0.2) is 182 Å². The van der Waals surface area contributed by atoms with Crippen molar-refractivity contribution in [1.29, 1.82) is 0 Å². The fourth-order valence-electron chi connectivity index (χ4n) is 8.46. The van der Waals surface area contributed by atoms with Gasteiger partial charge in [0.15, 0.2) is 0 Å². The van der Waals surface area contributed by atoms with Gasteiger partial charge in [0, 0.05) is 10.9 Å². The van der Waals surface area contributed by atoms with Crippen LogP contribution in [0.2, 0.25) is 0 Å². The SMILES string of the molecule is CC/C=c1/cccc/c1=C/Cc1ccc(-c2ccc3c(c2)-c2cc(-c4ccc(-c5ccc6ccccc6c5)cc4)ccc2Cc2cc-3nc3ccccc23)cc1. The lowest BCUT2D eigenvalue weighted by Gasteiger charge is -2.21. The van der Waals surface area contributed by atoms with Crippen LogP contribution in [0.3, 0.4) is 0 Å². The van der Waals surface area contributed by atoms with Crippen molar-refractivity contribution in [3.05, 3.63) is 209 Å². The van der Waals surface area contributed by atoms with Crippen LogP contribution < -0.4 is 10.4 Å². The van der Waals surface area contributed by atoms with Crippen LogP contribution >= 0.6 is 0 Å². The average molecular weight is 716 g/mol. The van der Waals surface area contributed by atoms with Gasteiger partial charge in [0.05, 0.1) is 11.2 Å². The molecule has 1 aliphatic carbocycles. The molecule has 0 aliphatic heterocycles. The summed E-state index contributed by atoms with van der Waals surface area (Å²) in [6.45, 7) is 2.19. The Kier molecular flexibility index (Phi) is 8.69. The number of benzene rings is 8. The van der Waals surface area contributed by atoms with Crippen molar-refractivity contribution in [3.8, 4) is 55.8 Å². The molecule has 0 radical (unpaired) electrons. The van der Waals surface area contributed by atoms with Gasteiger partial charge in [-0.1, -0.05) is 171 Å². The minimum atomic E-state index is 0.848. The van der Waals surface area contributed by atoms with Crippen LogP contribution in [-0.4, -0.2) is 4.98 Å². The Balaban J connectivity index is 1.04. The molecular formula is C55H41N. The molecule has 56 heavy (non-hydrogen) atoms. The standard InChI is InChI=1S/C55H41N/c1-2-9-38-10-3-4-11-39(38)19-16-37-17-20-41(21-18-37)47-30-31-51-53(35-47)52-34-46(28-29-48(52)33-49-36-55(51)56-54-15-8-7-14-50(49)54)43-24-22-42(23-25-43)45-27-26-40-12-5-6-13-44(40)32-45/h3-15,17-32,34-36H,2,16,33H2,1H3/b38-9-,39-19-. The molecule has 0 amide bonds. The van der Waals surface area contributed by atoms with Crippen molar-refractivity contribution < 1.29 is 0 Å². The first-order valence-corrected chi connectivity index (χ1v) is 19.8. The molecular weight excluding hydrogens is 675 g/mol. The Bertz CT molecular complexity index is 3040. The zero-order valence-corrected chi connectivity index (χ0v) is 31.5. The van der Waals surface area contributed by atoms with E-state index in [9.17, 15) is 0 Å². The van der Waals surface area contributed by atoms with Gasteiger partial charge in [0.1, 0.15) is 0 Å². The maximum absolute atomic E-state index is 5.23. The fraction of sp³-hybridized carbons (Fsp3) is 0.0727. The number of hydrogen-bond donors (Lipinski definition) is 0. The Labute approximate surface area is 328 Å². The lowest BCUT2D eigenvalue weighted by Crippen LogP contribution is -2.23. The highest BCUT2D eigenvalue weighted by Gasteiger charge is 2.20. The van der Waals surface area contributed by atoms with Gasteiger partial charge in [-0.2, -0.15) is 0 Å².